The first-order chi connectivity index (χ1) is 10.3. The Kier molecular flexibility index (Phi) is 11.3. The van der Waals surface area contributed by atoms with Gasteiger partial charge >= 0.3 is 0 Å². The monoisotopic (exact) mass is 296 g/mol. The van der Waals surface area contributed by atoms with Crippen molar-refractivity contribution in [2.75, 3.05) is 0 Å². The average molecular weight is 297 g/mol. The van der Waals surface area contributed by atoms with Gasteiger partial charge in [0.15, 0.2) is 0 Å². The lowest BCUT2D eigenvalue weighted by atomic mass is 9.77. The second-order valence-corrected chi connectivity index (χ2v) is 7.39. The summed E-state index contributed by atoms with van der Waals surface area (Å²) in [4.78, 5) is 0. The Labute approximate surface area is 133 Å². The highest BCUT2D eigenvalue weighted by molar-refractivity contribution is 4.77. The molecule has 0 aromatic carbocycles. The molecular formula is C20H40O. The number of aliphatic hydroxyl groups excluding tert-OH is 1. The molecular weight excluding hydrogens is 256 g/mol. The number of rotatable bonds is 12. The zero-order chi connectivity index (χ0) is 15.3. The van der Waals surface area contributed by atoms with Gasteiger partial charge in [-0.3, -0.25) is 0 Å². The minimum atomic E-state index is -0.0103. The van der Waals surface area contributed by atoms with Crippen molar-refractivity contribution in [3.63, 3.8) is 0 Å². The molecule has 1 heteroatoms. The zero-order valence-electron chi connectivity index (χ0n) is 14.8. The maximum atomic E-state index is 10.4. The maximum absolute atomic E-state index is 10.4. The van der Waals surface area contributed by atoms with Crippen LogP contribution >= 0.6 is 0 Å². The number of hydrogen-bond donors (Lipinski definition) is 1. The lowest BCUT2D eigenvalue weighted by Gasteiger charge is -2.31. The number of hydrogen-bond acceptors (Lipinski definition) is 1. The van der Waals surface area contributed by atoms with Gasteiger partial charge in [-0.05, 0) is 31.1 Å². The Morgan fingerprint density at radius 3 is 2.10 bits per heavy atom. The van der Waals surface area contributed by atoms with Gasteiger partial charge in [-0.1, -0.05) is 90.9 Å². The van der Waals surface area contributed by atoms with Gasteiger partial charge in [0.1, 0.15) is 0 Å². The number of aliphatic hydroxyl groups is 1. The summed E-state index contributed by atoms with van der Waals surface area (Å²) in [5, 5.41) is 10.4. The maximum Gasteiger partial charge on any atom is 0.0568 e. The van der Waals surface area contributed by atoms with Crippen molar-refractivity contribution in [3.8, 4) is 0 Å². The summed E-state index contributed by atoms with van der Waals surface area (Å²) in [5.74, 6) is 1.50. The van der Waals surface area contributed by atoms with Crippen LogP contribution in [-0.2, 0) is 0 Å². The van der Waals surface area contributed by atoms with E-state index < -0.39 is 0 Å². The first kappa shape index (κ1) is 19.0. The Bertz CT molecular complexity index is 226. The highest BCUT2D eigenvalue weighted by Gasteiger charge is 2.25. The summed E-state index contributed by atoms with van der Waals surface area (Å²) in [6.45, 7) is 4.58. The SMILES string of the molecule is CCCCCCCCCCCC(O)C1CCCC(CC)C1. The molecule has 0 saturated heterocycles. The molecule has 1 aliphatic rings. The molecule has 21 heavy (non-hydrogen) atoms. The Morgan fingerprint density at radius 2 is 1.48 bits per heavy atom. The molecule has 0 aliphatic heterocycles. The van der Waals surface area contributed by atoms with Gasteiger partial charge in [-0.2, -0.15) is 0 Å². The topological polar surface area (TPSA) is 20.2 Å². The minimum Gasteiger partial charge on any atom is -0.393 e. The third-order valence-electron chi connectivity index (χ3n) is 5.55. The van der Waals surface area contributed by atoms with Crippen LogP contribution in [0.1, 0.15) is 110 Å². The standard InChI is InChI=1S/C20H40O/c1-3-5-6-7-8-9-10-11-12-16-20(21)19-15-13-14-18(4-2)17-19/h18-21H,3-17H2,1-2H3. The van der Waals surface area contributed by atoms with Crippen LogP contribution in [0.3, 0.4) is 0 Å². The summed E-state index contributed by atoms with van der Waals surface area (Å²) in [6.07, 6.45) is 20.0. The van der Waals surface area contributed by atoms with E-state index >= 15 is 0 Å². The van der Waals surface area contributed by atoms with E-state index in [0.29, 0.717) is 5.92 Å². The summed E-state index contributed by atoms with van der Waals surface area (Å²) < 4.78 is 0. The largest absolute Gasteiger partial charge is 0.393 e. The van der Waals surface area contributed by atoms with E-state index in [-0.39, 0.29) is 6.10 Å². The quantitative estimate of drug-likeness (QED) is 0.408. The molecule has 0 amide bonds. The highest BCUT2D eigenvalue weighted by Crippen LogP contribution is 2.34. The zero-order valence-corrected chi connectivity index (χ0v) is 14.8. The summed E-state index contributed by atoms with van der Waals surface area (Å²) >= 11 is 0. The fraction of sp³-hybridized carbons (Fsp3) is 1.00. The van der Waals surface area contributed by atoms with E-state index in [9.17, 15) is 5.11 Å². The molecule has 1 saturated carbocycles. The highest BCUT2D eigenvalue weighted by atomic mass is 16.3. The Morgan fingerprint density at radius 1 is 0.857 bits per heavy atom. The Balaban J connectivity index is 1.94. The second kappa shape index (κ2) is 12.5. The van der Waals surface area contributed by atoms with Crippen LogP contribution in [0.4, 0.5) is 0 Å². The molecule has 0 spiro atoms. The van der Waals surface area contributed by atoms with Crippen LogP contribution < -0.4 is 0 Å². The first-order valence-corrected chi connectivity index (χ1v) is 9.96. The van der Waals surface area contributed by atoms with Crippen LogP contribution in [0, 0.1) is 11.8 Å². The average Bonchev–Trinajstić information content (AvgIpc) is 2.53. The van der Waals surface area contributed by atoms with Gasteiger partial charge in [0, 0.05) is 0 Å². The minimum absolute atomic E-state index is 0.0103. The van der Waals surface area contributed by atoms with Crippen LogP contribution in [0.25, 0.3) is 0 Å². The molecule has 0 aromatic heterocycles. The molecule has 1 nitrogen and oxygen atoms in total. The van der Waals surface area contributed by atoms with E-state index in [4.69, 9.17) is 0 Å². The predicted octanol–water partition coefficient (Wildman–Crippen LogP) is 6.48. The molecule has 0 radical (unpaired) electrons. The van der Waals surface area contributed by atoms with Gasteiger partial charge in [0.2, 0.25) is 0 Å². The number of unbranched alkanes of at least 4 members (excludes halogenated alkanes) is 8. The second-order valence-electron chi connectivity index (χ2n) is 7.39. The van der Waals surface area contributed by atoms with Crippen molar-refractivity contribution in [2.24, 2.45) is 11.8 Å². The summed E-state index contributed by atoms with van der Waals surface area (Å²) in [5.41, 5.74) is 0. The van der Waals surface area contributed by atoms with Crippen molar-refractivity contribution in [1.82, 2.24) is 0 Å². The third-order valence-corrected chi connectivity index (χ3v) is 5.55. The molecule has 3 atom stereocenters. The molecule has 1 aliphatic carbocycles. The molecule has 0 bridgehead atoms. The van der Waals surface area contributed by atoms with E-state index in [2.05, 4.69) is 13.8 Å². The molecule has 3 unspecified atom stereocenters. The van der Waals surface area contributed by atoms with Gasteiger partial charge < -0.3 is 5.11 Å². The van der Waals surface area contributed by atoms with Gasteiger partial charge in [0.05, 0.1) is 6.10 Å². The van der Waals surface area contributed by atoms with Crippen LogP contribution in [0.2, 0.25) is 0 Å². The predicted molar refractivity (Wildman–Crippen MR) is 93.6 cm³/mol. The van der Waals surface area contributed by atoms with E-state index in [0.717, 1.165) is 12.3 Å². The van der Waals surface area contributed by atoms with E-state index in [1.807, 2.05) is 0 Å². The molecule has 0 aromatic rings. The fourth-order valence-corrected chi connectivity index (χ4v) is 3.95. The first-order valence-electron chi connectivity index (χ1n) is 9.96. The summed E-state index contributed by atoms with van der Waals surface area (Å²) in [6, 6.07) is 0. The van der Waals surface area contributed by atoms with Crippen molar-refractivity contribution < 1.29 is 5.11 Å². The van der Waals surface area contributed by atoms with E-state index in [1.165, 1.54) is 89.9 Å². The molecule has 1 fully saturated rings. The van der Waals surface area contributed by atoms with Crippen molar-refractivity contribution in [1.29, 1.82) is 0 Å². The van der Waals surface area contributed by atoms with Crippen molar-refractivity contribution in [3.05, 3.63) is 0 Å². The fourth-order valence-electron chi connectivity index (χ4n) is 3.95. The van der Waals surface area contributed by atoms with Crippen LogP contribution in [0.15, 0.2) is 0 Å². The lowest BCUT2D eigenvalue weighted by molar-refractivity contribution is 0.0594. The Hall–Kier alpha value is -0.0400. The van der Waals surface area contributed by atoms with E-state index in [1.54, 1.807) is 0 Å². The van der Waals surface area contributed by atoms with Gasteiger partial charge in [0.25, 0.3) is 0 Å². The molecule has 0 heterocycles. The molecule has 1 rings (SSSR count). The van der Waals surface area contributed by atoms with Crippen molar-refractivity contribution >= 4 is 0 Å². The van der Waals surface area contributed by atoms with Gasteiger partial charge in [-0.15, -0.1) is 0 Å². The molecule has 126 valence electrons. The smallest absolute Gasteiger partial charge is 0.0568 e. The third kappa shape index (κ3) is 8.86. The van der Waals surface area contributed by atoms with Crippen LogP contribution in [0.5, 0.6) is 0 Å². The van der Waals surface area contributed by atoms with Crippen molar-refractivity contribution in [2.45, 2.75) is 116 Å². The lowest BCUT2D eigenvalue weighted by Crippen LogP contribution is -2.26. The normalized spacial score (nSPS) is 24.1. The molecule has 1 N–H and O–H groups in total. The summed E-state index contributed by atoms with van der Waals surface area (Å²) in [7, 11) is 0. The van der Waals surface area contributed by atoms with Crippen LogP contribution in [-0.4, -0.2) is 11.2 Å². The van der Waals surface area contributed by atoms with Gasteiger partial charge in [-0.25, -0.2) is 0 Å².